The van der Waals surface area contributed by atoms with Gasteiger partial charge in [0.15, 0.2) is 6.29 Å². The van der Waals surface area contributed by atoms with Crippen LogP contribution in [-0.2, 0) is 9.47 Å². The van der Waals surface area contributed by atoms with E-state index in [0.717, 1.165) is 25.9 Å². The third kappa shape index (κ3) is 4.91. The van der Waals surface area contributed by atoms with E-state index in [4.69, 9.17) is 19.7 Å². The van der Waals surface area contributed by atoms with Gasteiger partial charge in [-0.05, 0) is 32.1 Å². The molecule has 4 heteroatoms. The first-order valence-corrected chi connectivity index (χ1v) is 5.35. The quantitative estimate of drug-likeness (QED) is 0.624. The van der Waals surface area contributed by atoms with Crippen LogP contribution < -0.4 is 0 Å². The fourth-order valence-corrected chi connectivity index (χ4v) is 1.47. The van der Waals surface area contributed by atoms with E-state index in [2.05, 4.69) is 0 Å². The van der Waals surface area contributed by atoms with Crippen LogP contribution in [0.25, 0.3) is 0 Å². The average Bonchev–Trinajstić information content (AvgIpc) is 2.25. The monoisotopic (exact) mass is 204 g/mol. The molecule has 0 aliphatic carbocycles. The Morgan fingerprint density at radius 3 is 2.93 bits per heavy atom. The van der Waals surface area contributed by atoms with Crippen molar-refractivity contribution < 1.29 is 19.7 Å². The van der Waals surface area contributed by atoms with Gasteiger partial charge in [0, 0.05) is 13.2 Å². The number of rotatable bonds is 6. The number of hydrogen-bond acceptors (Lipinski definition) is 4. The smallest absolute Gasteiger partial charge is 0.157 e. The Labute approximate surface area is 84.8 Å². The van der Waals surface area contributed by atoms with Gasteiger partial charge in [0.1, 0.15) is 0 Å². The van der Waals surface area contributed by atoms with Gasteiger partial charge in [-0.3, -0.25) is 0 Å². The Bertz CT molecular complexity index is 134. The fraction of sp³-hybridized carbons (Fsp3) is 1.00. The van der Waals surface area contributed by atoms with E-state index in [1.807, 2.05) is 0 Å². The van der Waals surface area contributed by atoms with Gasteiger partial charge in [0.05, 0.1) is 12.7 Å². The highest BCUT2D eigenvalue weighted by Gasteiger charge is 2.13. The summed E-state index contributed by atoms with van der Waals surface area (Å²) in [5, 5.41) is 17.6. The van der Waals surface area contributed by atoms with E-state index in [1.54, 1.807) is 0 Å². The van der Waals surface area contributed by atoms with Crippen LogP contribution in [0.1, 0.15) is 32.1 Å². The molecule has 0 aromatic heterocycles. The van der Waals surface area contributed by atoms with Crippen molar-refractivity contribution in [2.75, 3.05) is 19.8 Å². The molecule has 0 bridgehead atoms. The predicted octanol–water partition coefficient (Wildman–Crippen LogP) is 0.663. The number of aliphatic hydroxyl groups excluding tert-OH is 2. The summed E-state index contributed by atoms with van der Waals surface area (Å²) in [5.41, 5.74) is 0. The van der Waals surface area contributed by atoms with Gasteiger partial charge in [-0.2, -0.15) is 0 Å². The highest BCUT2D eigenvalue weighted by Crippen LogP contribution is 2.14. The molecule has 1 fully saturated rings. The van der Waals surface area contributed by atoms with Gasteiger partial charge in [-0.15, -0.1) is 0 Å². The van der Waals surface area contributed by atoms with E-state index in [0.29, 0.717) is 13.0 Å². The van der Waals surface area contributed by atoms with Crippen molar-refractivity contribution in [3.8, 4) is 0 Å². The topological polar surface area (TPSA) is 58.9 Å². The Morgan fingerprint density at radius 1 is 1.43 bits per heavy atom. The Morgan fingerprint density at radius 2 is 2.29 bits per heavy atom. The minimum Gasteiger partial charge on any atom is -0.394 e. The van der Waals surface area contributed by atoms with Gasteiger partial charge in [0.25, 0.3) is 0 Å². The molecule has 0 spiro atoms. The van der Waals surface area contributed by atoms with Crippen LogP contribution in [0.4, 0.5) is 0 Å². The van der Waals surface area contributed by atoms with Crippen LogP contribution >= 0.6 is 0 Å². The summed E-state index contributed by atoms with van der Waals surface area (Å²) >= 11 is 0. The number of aliphatic hydroxyl groups is 2. The standard InChI is InChI=1S/C10H20O4/c11-8-9(12)4-3-7-14-10-5-1-2-6-13-10/h9-12H,1-8H2. The molecular weight excluding hydrogens is 184 g/mol. The van der Waals surface area contributed by atoms with Crippen molar-refractivity contribution >= 4 is 0 Å². The molecule has 1 aliphatic rings. The fourth-order valence-electron chi connectivity index (χ4n) is 1.47. The minimum absolute atomic E-state index is 0.0463. The van der Waals surface area contributed by atoms with E-state index >= 15 is 0 Å². The van der Waals surface area contributed by atoms with Crippen molar-refractivity contribution in [3.05, 3.63) is 0 Å². The zero-order valence-corrected chi connectivity index (χ0v) is 8.52. The molecule has 2 unspecified atom stereocenters. The summed E-state index contributed by atoms with van der Waals surface area (Å²) in [6.45, 7) is 1.23. The second-order valence-corrected chi connectivity index (χ2v) is 3.65. The Kier molecular flexibility index (Phi) is 6.10. The average molecular weight is 204 g/mol. The van der Waals surface area contributed by atoms with Crippen LogP contribution in [0.2, 0.25) is 0 Å². The lowest BCUT2D eigenvalue weighted by atomic mass is 10.2. The van der Waals surface area contributed by atoms with Crippen LogP contribution in [0.5, 0.6) is 0 Å². The SMILES string of the molecule is OCC(O)CCCOC1CCCCO1. The summed E-state index contributed by atoms with van der Waals surface area (Å²) in [7, 11) is 0. The highest BCUT2D eigenvalue weighted by atomic mass is 16.7. The Balaban J connectivity index is 1.92. The van der Waals surface area contributed by atoms with Crippen molar-refractivity contribution in [3.63, 3.8) is 0 Å². The molecule has 0 aromatic rings. The molecule has 0 saturated carbocycles. The van der Waals surface area contributed by atoms with Gasteiger partial charge >= 0.3 is 0 Å². The first-order valence-electron chi connectivity index (χ1n) is 5.35. The third-order valence-corrected chi connectivity index (χ3v) is 2.33. The molecule has 2 atom stereocenters. The molecule has 2 N–H and O–H groups in total. The molecule has 1 rings (SSSR count). The molecule has 1 heterocycles. The molecule has 0 aromatic carbocycles. The van der Waals surface area contributed by atoms with E-state index in [-0.39, 0.29) is 12.9 Å². The molecule has 14 heavy (non-hydrogen) atoms. The number of ether oxygens (including phenoxy) is 2. The highest BCUT2D eigenvalue weighted by molar-refractivity contribution is 4.55. The summed E-state index contributed by atoms with van der Waals surface area (Å²) < 4.78 is 10.8. The molecule has 0 radical (unpaired) electrons. The predicted molar refractivity (Wildman–Crippen MR) is 51.9 cm³/mol. The van der Waals surface area contributed by atoms with E-state index in [1.165, 1.54) is 6.42 Å². The maximum atomic E-state index is 9.06. The number of hydrogen-bond donors (Lipinski definition) is 2. The molecule has 0 amide bonds. The van der Waals surface area contributed by atoms with Crippen molar-refractivity contribution in [2.45, 2.75) is 44.5 Å². The maximum absolute atomic E-state index is 9.06. The van der Waals surface area contributed by atoms with Crippen molar-refractivity contribution in [2.24, 2.45) is 0 Å². The van der Waals surface area contributed by atoms with Crippen molar-refractivity contribution in [1.29, 1.82) is 0 Å². The molecule has 1 aliphatic heterocycles. The molecule has 1 saturated heterocycles. The van der Waals surface area contributed by atoms with Gasteiger partial charge in [-0.1, -0.05) is 0 Å². The lowest BCUT2D eigenvalue weighted by Crippen LogP contribution is -2.23. The zero-order valence-electron chi connectivity index (χ0n) is 8.52. The first-order chi connectivity index (χ1) is 6.83. The van der Waals surface area contributed by atoms with Gasteiger partial charge in [-0.25, -0.2) is 0 Å². The second kappa shape index (κ2) is 7.17. The van der Waals surface area contributed by atoms with Gasteiger partial charge < -0.3 is 19.7 Å². The van der Waals surface area contributed by atoms with Gasteiger partial charge in [0.2, 0.25) is 0 Å². The van der Waals surface area contributed by atoms with Crippen molar-refractivity contribution in [1.82, 2.24) is 0 Å². The largest absolute Gasteiger partial charge is 0.394 e. The normalized spacial score (nSPS) is 24.9. The second-order valence-electron chi connectivity index (χ2n) is 3.65. The Hall–Kier alpha value is -0.160. The van der Waals surface area contributed by atoms with Crippen LogP contribution in [0.3, 0.4) is 0 Å². The van der Waals surface area contributed by atoms with Crippen LogP contribution in [-0.4, -0.2) is 42.4 Å². The summed E-state index contributed by atoms with van der Waals surface area (Å²) in [5.74, 6) is 0. The third-order valence-electron chi connectivity index (χ3n) is 2.33. The summed E-state index contributed by atoms with van der Waals surface area (Å²) in [6.07, 6.45) is 3.97. The molecule has 84 valence electrons. The lowest BCUT2D eigenvalue weighted by molar-refractivity contribution is -0.163. The summed E-state index contributed by atoms with van der Waals surface area (Å²) in [6, 6.07) is 0. The zero-order chi connectivity index (χ0) is 10.2. The van der Waals surface area contributed by atoms with Crippen LogP contribution in [0, 0.1) is 0 Å². The molecular formula is C10H20O4. The lowest BCUT2D eigenvalue weighted by Gasteiger charge is -2.22. The van der Waals surface area contributed by atoms with Crippen LogP contribution in [0.15, 0.2) is 0 Å². The summed E-state index contributed by atoms with van der Waals surface area (Å²) in [4.78, 5) is 0. The van der Waals surface area contributed by atoms with E-state index in [9.17, 15) is 0 Å². The van der Waals surface area contributed by atoms with E-state index < -0.39 is 6.10 Å². The molecule has 4 nitrogen and oxygen atoms in total. The first kappa shape index (κ1) is 11.9. The minimum atomic E-state index is -0.606. The maximum Gasteiger partial charge on any atom is 0.157 e.